The average molecular weight is 430 g/mol. The highest BCUT2D eigenvalue weighted by Gasteiger charge is 2.29. The summed E-state index contributed by atoms with van der Waals surface area (Å²) in [7, 11) is -1.55. The Morgan fingerprint density at radius 1 is 0.967 bits per heavy atom. The fourth-order valence-electron chi connectivity index (χ4n) is 4.35. The number of benzene rings is 3. The first-order valence-corrected chi connectivity index (χ1v) is 14.7. The molecule has 1 aromatic heterocycles. The number of pyridine rings is 1. The highest BCUT2D eigenvalue weighted by Crippen LogP contribution is 2.50. The minimum absolute atomic E-state index is 0.0982. The van der Waals surface area contributed by atoms with E-state index in [2.05, 4.69) is 62.1 Å². The molecule has 0 amide bonds. The van der Waals surface area contributed by atoms with Crippen molar-refractivity contribution in [3.05, 3.63) is 89.9 Å². The molecule has 3 aromatic carbocycles. The Bertz CT molecular complexity index is 1260. The molecule has 1 nitrogen and oxygen atoms in total. The zero-order valence-corrected chi connectivity index (χ0v) is 19.3. The van der Waals surface area contributed by atoms with Crippen LogP contribution in [0, 0.1) is 5.82 Å². The SMILES string of the molecule is C[Si](C)(C)c1cc(-c2nccc3c2SC(c2ccccc2F)C3)cc2ccccc12. The molecule has 2 heterocycles. The summed E-state index contributed by atoms with van der Waals surface area (Å²) in [6.07, 6.45) is 2.74. The maximum absolute atomic E-state index is 14.4. The van der Waals surface area contributed by atoms with Crippen molar-refractivity contribution < 1.29 is 4.39 Å². The van der Waals surface area contributed by atoms with Gasteiger partial charge in [-0.25, -0.2) is 4.39 Å². The monoisotopic (exact) mass is 429 g/mol. The summed E-state index contributed by atoms with van der Waals surface area (Å²) in [6, 6.07) is 22.5. The third kappa shape index (κ3) is 3.38. The number of fused-ring (bicyclic) bond motifs is 2. The molecule has 30 heavy (non-hydrogen) atoms. The van der Waals surface area contributed by atoms with Gasteiger partial charge in [0, 0.05) is 27.5 Å². The van der Waals surface area contributed by atoms with Crippen molar-refractivity contribution in [2.45, 2.75) is 36.2 Å². The fraction of sp³-hybridized carbons (Fsp3) is 0.192. The lowest BCUT2D eigenvalue weighted by atomic mass is 10.0. The molecular weight excluding hydrogens is 405 g/mol. The molecule has 4 heteroatoms. The Balaban J connectivity index is 1.64. The number of rotatable bonds is 3. The Labute approximate surface area is 182 Å². The lowest BCUT2D eigenvalue weighted by Crippen LogP contribution is -2.38. The van der Waals surface area contributed by atoms with Gasteiger partial charge in [0.25, 0.3) is 0 Å². The highest BCUT2D eigenvalue weighted by atomic mass is 32.2. The zero-order valence-electron chi connectivity index (χ0n) is 17.4. The molecule has 1 aliphatic heterocycles. The molecular formula is C26H24FNSSi. The van der Waals surface area contributed by atoms with Gasteiger partial charge in [0.15, 0.2) is 0 Å². The first-order chi connectivity index (χ1) is 14.4. The molecule has 0 saturated carbocycles. The van der Waals surface area contributed by atoms with Gasteiger partial charge in [0.05, 0.1) is 13.8 Å². The predicted octanol–water partition coefficient (Wildman–Crippen LogP) is 6.98. The summed E-state index contributed by atoms with van der Waals surface area (Å²) in [5.74, 6) is -0.121. The zero-order chi connectivity index (χ0) is 20.9. The quantitative estimate of drug-likeness (QED) is 0.326. The van der Waals surface area contributed by atoms with Crippen molar-refractivity contribution in [2.24, 2.45) is 0 Å². The summed E-state index contributed by atoms with van der Waals surface area (Å²) in [5, 5.41) is 4.18. The van der Waals surface area contributed by atoms with Crippen LogP contribution in [0.15, 0.2) is 77.8 Å². The van der Waals surface area contributed by atoms with Crippen molar-refractivity contribution in [3.8, 4) is 11.3 Å². The summed E-state index contributed by atoms with van der Waals surface area (Å²) in [5.41, 5.74) is 4.25. The molecule has 0 radical (unpaired) electrons. The lowest BCUT2D eigenvalue weighted by molar-refractivity contribution is 0.608. The molecule has 0 fully saturated rings. The molecule has 5 rings (SSSR count). The molecule has 4 aromatic rings. The fourth-order valence-corrected chi connectivity index (χ4v) is 7.42. The van der Waals surface area contributed by atoms with E-state index in [9.17, 15) is 4.39 Å². The minimum Gasteiger partial charge on any atom is -0.255 e. The van der Waals surface area contributed by atoms with Gasteiger partial charge in [-0.1, -0.05) is 73.4 Å². The van der Waals surface area contributed by atoms with E-state index in [1.165, 1.54) is 32.0 Å². The van der Waals surface area contributed by atoms with Gasteiger partial charge in [-0.3, -0.25) is 4.98 Å². The van der Waals surface area contributed by atoms with Gasteiger partial charge in [0.1, 0.15) is 5.82 Å². The third-order valence-corrected chi connectivity index (χ3v) is 9.27. The van der Waals surface area contributed by atoms with Crippen LogP contribution >= 0.6 is 11.8 Å². The van der Waals surface area contributed by atoms with Gasteiger partial charge in [-0.05, 0) is 41.0 Å². The van der Waals surface area contributed by atoms with Crippen LogP contribution in [0.1, 0.15) is 16.4 Å². The van der Waals surface area contributed by atoms with Crippen molar-refractivity contribution >= 4 is 35.8 Å². The summed E-state index contributed by atoms with van der Waals surface area (Å²) in [4.78, 5) is 6.00. The topological polar surface area (TPSA) is 12.9 Å². The average Bonchev–Trinajstić information content (AvgIpc) is 3.16. The number of aromatic nitrogens is 1. The van der Waals surface area contributed by atoms with E-state index in [1.807, 2.05) is 18.3 Å². The van der Waals surface area contributed by atoms with Crippen molar-refractivity contribution in [1.29, 1.82) is 0 Å². The highest BCUT2D eigenvalue weighted by molar-refractivity contribution is 8.00. The van der Waals surface area contributed by atoms with Crippen LogP contribution in [0.3, 0.4) is 0 Å². The normalized spacial score (nSPS) is 16.1. The van der Waals surface area contributed by atoms with Gasteiger partial charge in [-0.2, -0.15) is 0 Å². The second-order valence-electron chi connectivity index (χ2n) is 8.97. The third-order valence-electron chi connectivity index (χ3n) is 5.85. The van der Waals surface area contributed by atoms with Crippen LogP contribution in [0.4, 0.5) is 4.39 Å². The largest absolute Gasteiger partial charge is 0.255 e. The van der Waals surface area contributed by atoms with Crippen molar-refractivity contribution in [1.82, 2.24) is 4.98 Å². The molecule has 1 atom stereocenters. The number of halogens is 1. The molecule has 1 aliphatic rings. The van der Waals surface area contributed by atoms with Gasteiger partial charge in [0.2, 0.25) is 0 Å². The van der Waals surface area contributed by atoms with Gasteiger partial charge in [-0.15, -0.1) is 11.8 Å². The molecule has 150 valence electrons. The smallest absolute Gasteiger partial charge is 0.127 e. The van der Waals surface area contributed by atoms with Crippen molar-refractivity contribution in [2.75, 3.05) is 0 Å². The molecule has 0 spiro atoms. The Morgan fingerprint density at radius 3 is 2.53 bits per heavy atom. The predicted molar refractivity (Wildman–Crippen MR) is 129 cm³/mol. The molecule has 1 unspecified atom stereocenters. The Hall–Kier alpha value is -2.43. The van der Waals surface area contributed by atoms with Gasteiger partial charge < -0.3 is 0 Å². The van der Waals surface area contributed by atoms with E-state index < -0.39 is 8.07 Å². The number of hydrogen-bond acceptors (Lipinski definition) is 2. The van der Waals surface area contributed by atoms with Crippen LogP contribution in [-0.2, 0) is 6.42 Å². The van der Waals surface area contributed by atoms with Crippen LogP contribution in [0.25, 0.3) is 22.0 Å². The summed E-state index contributed by atoms with van der Waals surface area (Å²) >= 11 is 1.75. The van der Waals surface area contributed by atoms with Gasteiger partial charge >= 0.3 is 0 Å². The Kier molecular flexibility index (Phi) is 4.79. The van der Waals surface area contributed by atoms with Crippen LogP contribution in [-0.4, -0.2) is 13.1 Å². The first kappa shape index (κ1) is 19.5. The Morgan fingerprint density at radius 2 is 1.73 bits per heavy atom. The molecule has 0 saturated heterocycles. The van der Waals surface area contributed by atoms with Crippen LogP contribution in [0.5, 0.6) is 0 Å². The van der Waals surface area contributed by atoms with E-state index in [0.717, 1.165) is 17.7 Å². The van der Waals surface area contributed by atoms with Crippen LogP contribution < -0.4 is 5.19 Å². The van der Waals surface area contributed by atoms with E-state index in [0.29, 0.717) is 0 Å². The maximum Gasteiger partial charge on any atom is 0.127 e. The maximum atomic E-state index is 14.4. The first-order valence-electron chi connectivity index (χ1n) is 10.3. The second kappa shape index (κ2) is 7.36. The summed E-state index contributed by atoms with van der Waals surface area (Å²) in [6.45, 7) is 7.18. The molecule has 0 N–H and O–H groups in total. The van der Waals surface area contributed by atoms with E-state index in [4.69, 9.17) is 4.98 Å². The number of nitrogens with zero attached hydrogens (tertiary/aromatic N) is 1. The van der Waals surface area contributed by atoms with E-state index >= 15 is 0 Å². The van der Waals surface area contributed by atoms with E-state index in [-0.39, 0.29) is 11.1 Å². The lowest BCUT2D eigenvalue weighted by Gasteiger charge is -2.21. The summed E-state index contributed by atoms with van der Waals surface area (Å²) < 4.78 is 14.4. The number of thioether (sulfide) groups is 1. The standard InChI is InChI=1S/C26H24FNSSi/c1-30(2,3)24-16-19(14-17-8-4-5-9-20(17)24)25-26-18(12-13-28-25)15-23(29-26)21-10-6-7-11-22(21)27/h4-14,16,23H,15H2,1-3H3. The number of hydrogen-bond donors (Lipinski definition) is 0. The van der Waals surface area contributed by atoms with Crippen LogP contribution in [0.2, 0.25) is 19.6 Å². The molecule has 0 bridgehead atoms. The minimum atomic E-state index is -1.55. The second-order valence-corrected chi connectivity index (χ2v) is 15.2. The molecule has 0 aliphatic carbocycles. The van der Waals surface area contributed by atoms with Crippen molar-refractivity contribution in [3.63, 3.8) is 0 Å². The van der Waals surface area contributed by atoms with E-state index in [1.54, 1.807) is 23.9 Å².